The fourth-order valence-electron chi connectivity index (χ4n) is 7.22. The second-order valence-electron chi connectivity index (χ2n) is 12.7. The minimum atomic E-state index is 0.497. The van der Waals surface area contributed by atoms with Crippen LogP contribution >= 0.6 is 0 Å². The van der Waals surface area contributed by atoms with Crippen LogP contribution < -0.4 is 0 Å². The van der Waals surface area contributed by atoms with Gasteiger partial charge in [0.25, 0.3) is 0 Å². The zero-order valence-electron chi connectivity index (χ0n) is 27.8. The van der Waals surface area contributed by atoms with Gasteiger partial charge in [-0.05, 0) is 69.1 Å². The number of nitrogens with zero attached hydrogens (tertiary/aromatic N) is 6. The molecule has 0 aliphatic rings. The van der Waals surface area contributed by atoms with Crippen molar-refractivity contribution >= 4 is 43.2 Å². The number of rotatable bonds is 5. The number of para-hydroxylation sites is 1. The van der Waals surface area contributed by atoms with Crippen molar-refractivity contribution in [3.05, 3.63) is 170 Å². The first-order chi connectivity index (χ1) is 25.8. The van der Waals surface area contributed by atoms with Crippen LogP contribution in [0, 0.1) is 0 Å². The van der Waals surface area contributed by atoms with Crippen molar-refractivity contribution in [3.8, 4) is 56.8 Å². The van der Waals surface area contributed by atoms with Crippen molar-refractivity contribution < 1.29 is 0 Å². The monoisotopic (exact) mass is 664 g/mol. The Morgan fingerprint density at radius 2 is 0.827 bits per heavy atom. The van der Waals surface area contributed by atoms with Gasteiger partial charge in [-0.15, -0.1) is 0 Å². The highest BCUT2D eigenvalue weighted by atomic mass is 15.1. The molecule has 242 valence electrons. The van der Waals surface area contributed by atoms with Gasteiger partial charge in [0.2, 0.25) is 0 Å². The van der Waals surface area contributed by atoms with E-state index in [9.17, 15) is 0 Å². The Labute approximate surface area is 299 Å². The lowest BCUT2D eigenvalue weighted by molar-refractivity contribution is 1.05. The van der Waals surface area contributed by atoms with E-state index < -0.39 is 0 Å². The lowest BCUT2D eigenvalue weighted by Crippen LogP contribution is -2.01. The molecule has 0 spiro atoms. The maximum atomic E-state index is 5.32. The average Bonchev–Trinajstić information content (AvgIpc) is 3.24. The minimum Gasteiger partial charge on any atom is -0.253 e. The van der Waals surface area contributed by atoms with Gasteiger partial charge in [0, 0.05) is 39.7 Å². The third kappa shape index (κ3) is 5.05. The summed E-state index contributed by atoms with van der Waals surface area (Å²) >= 11 is 0. The standard InChI is InChI=1S/C46H28N6/c1-3-16-35-33(14-1)34-15-2-4-17-36(34)42-41(35)37-18-5-6-19-38(37)49-43(42)30-24-22-29(23-25-30)31-12-11-13-32(28-31)44-50-45(39-20-7-9-26-47-39)52-46(51-44)40-21-8-10-27-48-40/h1-28H. The van der Waals surface area contributed by atoms with Gasteiger partial charge in [0.1, 0.15) is 11.4 Å². The molecule has 0 N–H and O–H groups in total. The van der Waals surface area contributed by atoms with Gasteiger partial charge in [0.15, 0.2) is 17.5 Å². The van der Waals surface area contributed by atoms with Crippen LogP contribution in [0.1, 0.15) is 0 Å². The van der Waals surface area contributed by atoms with E-state index in [2.05, 4.69) is 119 Å². The number of fused-ring (bicyclic) bond motifs is 8. The molecule has 10 rings (SSSR count). The molecular weight excluding hydrogens is 637 g/mol. The van der Waals surface area contributed by atoms with E-state index in [-0.39, 0.29) is 0 Å². The van der Waals surface area contributed by atoms with Gasteiger partial charge in [-0.1, -0.05) is 121 Å². The summed E-state index contributed by atoms with van der Waals surface area (Å²) < 4.78 is 0. The second-order valence-corrected chi connectivity index (χ2v) is 12.7. The van der Waals surface area contributed by atoms with Crippen LogP contribution in [0.5, 0.6) is 0 Å². The van der Waals surface area contributed by atoms with E-state index in [1.807, 2.05) is 48.5 Å². The molecule has 0 saturated carbocycles. The lowest BCUT2D eigenvalue weighted by Gasteiger charge is -2.16. The van der Waals surface area contributed by atoms with Gasteiger partial charge in [-0.25, -0.2) is 19.9 Å². The molecule has 0 aliphatic carbocycles. The van der Waals surface area contributed by atoms with Crippen LogP contribution in [-0.2, 0) is 0 Å². The lowest BCUT2D eigenvalue weighted by atomic mass is 9.89. The zero-order chi connectivity index (χ0) is 34.4. The molecule has 0 saturated heterocycles. The van der Waals surface area contributed by atoms with Gasteiger partial charge in [-0.2, -0.15) is 0 Å². The average molecular weight is 665 g/mol. The first-order valence-electron chi connectivity index (χ1n) is 17.2. The number of hydrogen-bond donors (Lipinski definition) is 0. The number of aromatic nitrogens is 6. The summed E-state index contributed by atoms with van der Waals surface area (Å²) in [6.07, 6.45) is 3.48. The molecule has 0 amide bonds. The second kappa shape index (κ2) is 12.3. The smallest absolute Gasteiger partial charge is 0.182 e. The minimum absolute atomic E-state index is 0.497. The van der Waals surface area contributed by atoms with E-state index in [1.165, 1.54) is 32.3 Å². The first-order valence-corrected chi connectivity index (χ1v) is 17.2. The Balaban J connectivity index is 1.10. The van der Waals surface area contributed by atoms with Crippen LogP contribution in [0.25, 0.3) is 100 Å². The van der Waals surface area contributed by atoms with E-state index in [0.29, 0.717) is 28.9 Å². The predicted molar refractivity (Wildman–Crippen MR) is 210 cm³/mol. The Morgan fingerprint density at radius 1 is 0.308 bits per heavy atom. The normalized spacial score (nSPS) is 11.5. The highest BCUT2D eigenvalue weighted by molar-refractivity contribution is 6.33. The number of pyridine rings is 3. The Hall–Kier alpha value is -7.18. The molecule has 4 heterocycles. The largest absolute Gasteiger partial charge is 0.253 e. The van der Waals surface area contributed by atoms with Crippen LogP contribution in [-0.4, -0.2) is 29.9 Å². The Kier molecular flexibility index (Phi) is 7.03. The molecule has 6 heteroatoms. The molecule has 6 nitrogen and oxygen atoms in total. The van der Waals surface area contributed by atoms with Crippen molar-refractivity contribution in [2.24, 2.45) is 0 Å². The summed E-state index contributed by atoms with van der Waals surface area (Å²) in [4.78, 5) is 28.8. The molecular formula is C46H28N6. The Bertz CT molecular complexity index is 2890. The summed E-state index contributed by atoms with van der Waals surface area (Å²) in [5.41, 5.74) is 7.37. The summed E-state index contributed by atoms with van der Waals surface area (Å²) in [6, 6.07) is 54.3. The molecule has 6 aromatic carbocycles. The fraction of sp³-hybridized carbons (Fsp3) is 0. The molecule has 4 aromatic heterocycles. The molecule has 0 bridgehead atoms. The molecule has 10 aromatic rings. The topological polar surface area (TPSA) is 77.3 Å². The van der Waals surface area contributed by atoms with Crippen molar-refractivity contribution in [1.82, 2.24) is 29.9 Å². The van der Waals surface area contributed by atoms with Crippen LogP contribution in [0.3, 0.4) is 0 Å². The molecule has 0 unspecified atom stereocenters. The molecule has 0 atom stereocenters. The van der Waals surface area contributed by atoms with E-state index >= 15 is 0 Å². The third-order valence-corrected chi connectivity index (χ3v) is 9.61. The van der Waals surface area contributed by atoms with Crippen molar-refractivity contribution in [1.29, 1.82) is 0 Å². The number of benzene rings is 6. The van der Waals surface area contributed by atoms with Crippen molar-refractivity contribution in [2.75, 3.05) is 0 Å². The van der Waals surface area contributed by atoms with E-state index in [4.69, 9.17) is 19.9 Å². The summed E-state index contributed by atoms with van der Waals surface area (Å²) in [7, 11) is 0. The van der Waals surface area contributed by atoms with Gasteiger partial charge in [-0.3, -0.25) is 9.97 Å². The van der Waals surface area contributed by atoms with Crippen molar-refractivity contribution in [2.45, 2.75) is 0 Å². The summed E-state index contributed by atoms with van der Waals surface area (Å²) in [5.74, 6) is 1.55. The first kappa shape index (κ1) is 29.7. The summed E-state index contributed by atoms with van der Waals surface area (Å²) in [6.45, 7) is 0. The highest BCUT2D eigenvalue weighted by Gasteiger charge is 2.18. The zero-order valence-corrected chi connectivity index (χ0v) is 27.8. The van der Waals surface area contributed by atoms with Crippen LogP contribution in [0.2, 0.25) is 0 Å². The maximum absolute atomic E-state index is 5.32. The maximum Gasteiger partial charge on any atom is 0.182 e. The number of hydrogen-bond acceptors (Lipinski definition) is 6. The van der Waals surface area contributed by atoms with Gasteiger partial charge >= 0.3 is 0 Å². The van der Waals surface area contributed by atoms with Crippen LogP contribution in [0.15, 0.2) is 170 Å². The van der Waals surface area contributed by atoms with Gasteiger partial charge in [0.05, 0.1) is 11.2 Å². The van der Waals surface area contributed by atoms with E-state index in [1.54, 1.807) is 12.4 Å². The predicted octanol–water partition coefficient (Wildman–Crippen LogP) is 11.0. The molecule has 0 fully saturated rings. The quantitative estimate of drug-likeness (QED) is 0.170. The highest BCUT2D eigenvalue weighted by Crippen LogP contribution is 2.43. The fourth-order valence-corrected chi connectivity index (χ4v) is 7.22. The molecule has 52 heavy (non-hydrogen) atoms. The summed E-state index contributed by atoms with van der Waals surface area (Å²) in [5, 5.41) is 8.49. The molecule has 0 radical (unpaired) electrons. The van der Waals surface area contributed by atoms with Crippen molar-refractivity contribution in [3.63, 3.8) is 0 Å². The van der Waals surface area contributed by atoms with Crippen LogP contribution in [0.4, 0.5) is 0 Å². The van der Waals surface area contributed by atoms with Gasteiger partial charge < -0.3 is 0 Å². The molecule has 0 aliphatic heterocycles. The van der Waals surface area contributed by atoms with E-state index in [0.717, 1.165) is 38.9 Å². The SMILES string of the molecule is c1ccc(-c2nc(-c3cccc(-c4ccc(-c5nc6ccccc6c6c7ccccc7c7ccccc7c56)cc4)c3)nc(-c3ccccn3)n2)nc1. The third-order valence-electron chi connectivity index (χ3n) is 9.61. The Morgan fingerprint density at radius 3 is 1.46 bits per heavy atom.